The summed E-state index contributed by atoms with van der Waals surface area (Å²) < 4.78 is 5.83. The number of hydrogen-bond donors (Lipinski definition) is 2. The molecule has 166 valence electrons. The maximum Gasteiger partial charge on any atom is 0.250 e. The first-order valence-corrected chi connectivity index (χ1v) is 11.3. The van der Waals surface area contributed by atoms with Crippen LogP contribution in [0.5, 0.6) is 0 Å². The van der Waals surface area contributed by atoms with Crippen LogP contribution in [0.3, 0.4) is 0 Å². The van der Waals surface area contributed by atoms with E-state index in [2.05, 4.69) is 70.1 Å². The summed E-state index contributed by atoms with van der Waals surface area (Å²) in [4.78, 5) is 11.7. The van der Waals surface area contributed by atoms with Gasteiger partial charge in [-0.2, -0.15) is 0 Å². The fourth-order valence-corrected chi connectivity index (χ4v) is 4.64. The van der Waals surface area contributed by atoms with E-state index in [4.69, 9.17) is 16.6 Å². The van der Waals surface area contributed by atoms with E-state index >= 15 is 0 Å². The van der Waals surface area contributed by atoms with Crippen molar-refractivity contribution in [2.24, 2.45) is 0 Å². The topological polar surface area (TPSA) is 122 Å². The van der Waals surface area contributed by atoms with Gasteiger partial charge in [-0.05, 0) is 24.0 Å². The number of thiocarbonyl (C=S) groups is 1. The molecule has 1 aliphatic carbocycles. The Kier molecular flexibility index (Phi) is 5.02. The zero-order valence-corrected chi connectivity index (χ0v) is 18.5. The van der Waals surface area contributed by atoms with Gasteiger partial charge in [0.2, 0.25) is 11.8 Å². The Balaban J connectivity index is 1.07. The van der Waals surface area contributed by atoms with Crippen molar-refractivity contribution in [1.82, 2.24) is 40.5 Å². The molecule has 11 heteroatoms. The van der Waals surface area contributed by atoms with Crippen LogP contribution in [-0.4, -0.2) is 58.1 Å². The predicted molar refractivity (Wildman–Crippen MR) is 123 cm³/mol. The molecule has 0 amide bonds. The highest BCUT2D eigenvalue weighted by molar-refractivity contribution is 7.80. The lowest BCUT2D eigenvalue weighted by molar-refractivity contribution is 0.383. The quantitative estimate of drug-likeness (QED) is 0.429. The number of H-pyrrole nitrogens is 1. The number of nitrogens with zero attached hydrogens (tertiary/aromatic N) is 7. The van der Waals surface area contributed by atoms with Crippen LogP contribution in [0.1, 0.15) is 28.4 Å². The Morgan fingerprint density at radius 3 is 2.70 bits per heavy atom. The number of hydrogen-bond acceptors (Lipinski definition) is 9. The molecule has 0 bridgehead atoms. The van der Waals surface area contributed by atoms with Crippen LogP contribution in [-0.2, 0) is 32.2 Å². The summed E-state index contributed by atoms with van der Waals surface area (Å²) in [5.41, 5.74) is 5.44. The molecular weight excluding hydrogens is 438 g/mol. The van der Waals surface area contributed by atoms with E-state index in [-0.39, 0.29) is 0 Å². The molecule has 0 fully saturated rings. The van der Waals surface area contributed by atoms with Crippen molar-refractivity contribution in [3.05, 3.63) is 65.1 Å². The third kappa shape index (κ3) is 4.07. The molecular formula is C22H21N9OS. The number of aromatic amines is 1. The third-order valence-corrected chi connectivity index (χ3v) is 6.48. The molecule has 0 saturated heterocycles. The van der Waals surface area contributed by atoms with Crippen molar-refractivity contribution < 1.29 is 4.42 Å². The van der Waals surface area contributed by atoms with Crippen LogP contribution in [0.15, 0.2) is 41.1 Å². The second-order valence-electron chi connectivity index (χ2n) is 8.29. The number of rotatable bonds is 5. The number of fused-ring (bicyclic) bond motifs is 2. The van der Waals surface area contributed by atoms with Gasteiger partial charge in [-0.1, -0.05) is 41.7 Å². The second kappa shape index (κ2) is 8.32. The first kappa shape index (κ1) is 19.9. The van der Waals surface area contributed by atoms with Crippen molar-refractivity contribution >= 4 is 23.2 Å². The van der Waals surface area contributed by atoms with Crippen LogP contribution >= 0.6 is 12.2 Å². The fraction of sp³-hybridized carbons (Fsp3) is 0.318. The van der Waals surface area contributed by atoms with E-state index < -0.39 is 0 Å². The van der Waals surface area contributed by atoms with Crippen LogP contribution in [0, 0.1) is 0 Å². The molecule has 1 aliphatic heterocycles. The second-order valence-corrected chi connectivity index (χ2v) is 8.76. The smallest absolute Gasteiger partial charge is 0.250 e. The van der Waals surface area contributed by atoms with Gasteiger partial charge < -0.3 is 14.6 Å². The molecule has 0 unspecified atom stereocenters. The molecule has 4 aromatic rings. The van der Waals surface area contributed by atoms with Gasteiger partial charge in [0.1, 0.15) is 5.69 Å². The largest absolute Gasteiger partial charge is 0.420 e. The monoisotopic (exact) mass is 459 g/mol. The van der Waals surface area contributed by atoms with E-state index in [9.17, 15) is 0 Å². The average Bonchev–Trinajstić information content (AvgIpc) is 3.58. The molecule has 1 aromatic carbocycles. The Bertz CT molecular complexity index is 1270. The first-order valence-electron chi connectivity index (χ1n) is 10.9. The number of anilines is 1. The predicted octanol–water partition coefficient (Wildman–Crippen LogP) is 2.15. The zero-order chi connectivity index (χ0) is 22.2. The van der Waals surface area contributed by atoms with E-state index in [0.29, 0.717) is 42.3 Å². The van der Waals surface area contributed by atoms with Crippen LogP contribution in [0.4, 0.5) is 5.95 Å². The van der Waals surface area contributed by atoms with Crippen LogP contribution in [0.2, 0.25) is 0 Å². The Labute approximate surface area is 194 Å². The molecule has 6 rings (SSSR count). The van der Waals surface area contributed by atoms with Crippen molar-refractivity contribution in [2.75, 3.05) is 11.9 Å². The van der Waals surface area contributed by atoms with Gasteiger partial charge in [-0.3, -0.25) is 5.10 Å². The van der Waals surface area contributed by atoms with Gasteiger partial charge in [0, 0.05) is 31.4 Å². The summed E-state index contributed by atoms with van der Waals surface area (Å²) in [6.07, 6.45) is 6.58. The Morgan fingerprint density at radius 2 is 1.91 bits per heavy atom. The Hall–Kier alpha value is -3.73. The van der Waals surface area contributed by atoms with Gasteiger partial charge >= 0.3 is 0 Å². The molecule has 0 spiro atoms. The van der Waals surface area contributed by atoms with Gasteiger partial charge in [0.15, 0.2) is 0 Å². The lowest BCUT2D eigenvalue weighted by Crippen LogP contribution is -2.36. The van der Waals surface area contributed by atoms with Gasteiger partial charge in [-0.25, -0.2) is 9.97 Å². The standard InChI is InChI=1S/C22H21N9OS/c33-20(31-6-5-17-18(12-31)27-30-26-17)9-19-28-29-21(32-19)15-10-23-22(24-11-15)25-16-7-13-3-1-2-4-14(13)8-16/h1-4,10-11,16H,5-9,12H2,(H,23,24,25)(H,26,27,30). The van der Waals surface area contributed by atoms with E-state index in [1.807, 2.05) is 0 Å². The molecule has 0 atom stereocenters. The van der Waals surface area contributed by atoms with Crippen LogP contribution in [0.25, 0.3) is 11.5 Å². The zero-order valence-electron chi connectivity index (χ0n) is 17.7. The highest BCUT2D eigenvalue weighted by Gasteiger charge is 2.23. The summed E-state index contributed by atoms with van der Waals surface area (Å²) in [6, 6.07) is 8.81. The minimum absolute atomic E-state index is 0.299. The molecule has 33 heavy (non-hydrogen) atoms. The summed E-state index contributed by atoms with van der Waals surface area (Å²) in [5.74, 6) is 1.44. The summed E-state index contributed by atoms with van der Waals surface area (Å²) in [5, 5.41) is 22.6. The minimum Gasteiger partial charge on any atom is -0.420 e. The normalized spacial score (nSPS) is 15.3. The fourth-order valence-electron chi connectivity index (χ4n) is 4.36. The summed E-state index contributed by atoms with van der Waals surface area (Å²) >= 11 is 5.60. The van der Waals surface area contributed by atoms with E-state index in [1.165, 1.54) is 11.1 Å². The van der Waals surface area contributed by atoms with Crippen molar-refractivity contribution in [1.29, 1.82) is 0 Å². The third-order valence-electron chi connectivity index (χ3n) is 6.08. The maximum atomic E-state index is 5.83. The van der Waals surface area contributed by atoms with Crippen LogP contribution < -0.4 is 5.32 Å². The summed E-state index contributed by atoms with van der Waals surface area (Å²) in [7, 11) is 0. The molecule has 2 aliphatic rings. The highest BCUT2D eigenvalue weighted by atomic mass is 32.1. The molecule has 0 saturated carbocycles. The average molecular weight is 460 g/mol. The van der Waals surface area contributed by atoms with Gasteiger partial charge in [0.25, 0.3) is 5.89 Å². The van der Waals surface area contributed by atoms with Crippen molar-refractivity contribution in [2.45, 2.75) is 38.3 Å². The van der Waals surface area contributed by atoms with Crippen molar-refractivity contribution in [3.8, 4) is 11.5 Å². The number of aromatic nitrogens is 7. The SMILES string of the molecule is S=C(Cc1nnc(-c2cnc(NC3Cc4ccccc4C3)nc2)o1)N1CCc2[nH]nnc2C1. The van der Waals surface area contributed by atoms with E-state index in [1.54, 1.807) is 12.4 Å². The number of benzene rings is 1. The highest BCUT2D eigenvalue weighted by Crippen LogP contribution is 2.24. The van der Waals surface area contributed by atoms with Crippen molar-refractivity contribution in [3.63, 3.8) is 0 Å². The summed E-state index contributed by atoms with van der Waals surface area (Å²) in [6.45, 7) is 1.45. The van der Waals surface area contributed by atoms with Gasteiger partial charge in [0.05, 0.1) is 29.2 Å². The minimum atomic E-state index is 0.299. The first-order chi connectivity index (χ1) is 16.2. The lowest BCUT2D eigenvalue weighted by Gasteiger charge is -2.27. The molecule has 4 heterocycles. The molecule has 10 nitrogen and oxygen atoms in total. The van der Waals surface area contributed by atoms with E-state index in [0.717, 1.165) is 42.2 Å². The van der Waals surface area contributed by atoms with Gasteiger partial charge in [-0.15, -0.1) is 15.3 Å². The lowest BCUT2D eigenvalue weighted by atomic mass is 10.1. The molecule has 2 N–H and O–H groups in total. The maximum absolute atomic E-state index is 5.83. The Morgan fingerprint density at radius 1 is 1.12 bits per heavy atom. The molecule has 0 radical (unpaired) electrons. The number of nitrogens with one attached hydrogen (secondary N) is 2. The molecule has 3 aromatic heterocycles.